The lowest BCUT2D eigenvalue weighted by molar-refractivity contribution is 0.0767. The average Bonchev–Trinajstić information content (AvgIpc) is 2.71. The van der Waals surface area contributed by atoms with Crippen molar-refractivity contribution in [1.82, 2.24) is 9.88 Å². The van der Waals surface area contributed by atoms with Crippen LogP contribution in [0.15, 0.2) is 36.5 Å². The highest BCUT2D eigenvalue weighted by Crippen LogP contribution is 2.23. The molecule has 0 atom stereocenters. The number of nitrogens with one attached hydrogen (secondary N) is 1. The number of aromatic nitrogens is 1. The second-order valence-electron chi connectivity index (χ2n) is 6.53. The molecule has 0 aliphatic rings. The van der Waals surface area contributed by atoms with E-state index in [9.17, 15) is 9.59 Å². The molecule has 1 N–H and O–H groups in total. The number of carbonyl (C=O) groups excluding carboxylic acids is 2. The first-order valence-corrected chi connectivity index (χ1v) is 9.87. The maximum atomic E-state index is 12.7. The van der Waals surface area contributed by atoms with Crippen LogP contribution in [0.5, 0.6) is 0 Å². The van der Waals surface area contributed by atoms with Gasteiger partial charge in [-0.05, 0) is 70.5 Å². The lowest BCUT2D eigenvalue weighted by Crippen LogP contribution is -2.31. The molecule has 150 valence electrons. The first-order valence-electron chi connectivity index (χ1n) is 9.87. The fraction of sp³-hybridized carbons (Fsp3) is 0.409. The van der Waals surface area contributed by atoms with Gasteiger partial charge in [0.15, 0.2) is 0 Å². The first kappa shape index (κ1) is 21.4. The van der Waals surface area contributed by atoms with E-state index in [1.165, 1.54) is 6.20 Å². The van der Waals surface area contributed by atoms with Gasteiger partial charge in [-0.15, -0.1) is 0 Å². The molecule has 6 heteroatoms. The molecule has 0 bridgehead atoms. The number of aryl methyl sites for hydroxylation is 1. The van der Waals surface area contributed by atoms with Gasteiger partial charge in [-0.1, -0.05) is 0 Å². The molecule has 0 saturated heterocycles. The van der Waals surface area contributed by atoms with E-state index in [0.29, 0.717) is 18.7 Å². The maximum absolute atomic E-state index is 12.7. The fourth-order valence-corrected chi connectivity index (χ4v) is 3.13. The van der Waals surface area contributed by atoms with E-state index in [4.69, 9.17) is 0 Å². The van der Waals surface area contributed by atoms with E-state index >= 15 is 0 Å². The highest BCUT2D eigenvalue weighted by Gasteiger charge is 2.16. The van der Waals surface area contributed by atoms with E-state index in [1.54, 1.807) is 17.0 Å². The van der Waals surface area contributed by atoms with Crippen LogP contribution >= 0.6 is 0 Å². The molecule has 1 aromatic carbocycles. The molecule has 2 aromatic rings. The van der Waals surface area contributed by atoms with Crippen molar-refractivity contribution in [1.29, 1.82) is 0 Å². The Morgan fingerprint density at radius 3 is 2.21 bits per heavy atom. The summed E-state index contributed by atoms with van der Waals surface area (Å²) in [5.74, 6) is -0.422. The number of rotatable bonds is 8. The molecule has 0 radical (unpaired) electrons. The second-order valence-corrected chi connectivity index (χ2v) is 6.53. The van der Waals surface area contributed by atoms with E-state index in [2.05, 4.69) is 35.1 Å². The summed E-state index contributed by atoms with van der Waals surface area (Å²) in [6.07, 6.45) is 1.50. The average molecular weight is 383 g/mol. The van der Waals surface area contributed by atoms with Crippen LogP contribution in [0.1, 0.15) is 54.1 Å². The summed E-state index contributed by atoms with van der Waals surface area (Å²) < 4.78 is 0. The van der Waals surface area contributed by atoms with Crippen molar-refractivity contribution in [2.45, 2.75) is 34.6 Å². The number of benzene rings is 1. The summed E-state index contributed by atoms with van der Waals surface area (Å²) >= 11 is 0. The van der Waals surface area contributed by atoms with Crippen molar-refractivity contribution >= 4 is 23.2 Å². The van der Waals surface area contributed by atoms with Gasteiger partial charge in [0.1, 0.15) is 5.69 Å². The van der Waals surface area contributed by atoms with Crippen LogP contribution in [0.25, 0.3) is 0 Å². The first-order chi connectivity index (χ1) is 13.4. The predicted octanol–water partition coefficient (Wildman–Crippen LogP) is 3.97. The zero-order chi connectivity index (χ0) is 20.7. The Balaban J connectivity index is 2.19. The van der Waals surface area contributed by atoms with Crippen LogP contribution in [0, 0.1) is 6.92 Å². The van der Waals surface area contributed by atoms with Crippen molar-refractivity contribution in [2.24, 2.45) is 0 Å². The lowest BCUT2D eigenvalue weighted by Gasteiger charge is -2.22. The van der Waals surface area contributed by atoms with Gasteiger partial charge in [-0.2, -0.15) is 0 Å². The SMILES string of the molecule is CCN(CC)C(=O)c1cc(C(=O)Nc2ccc(N(CC)CC)cc2C)ccn1. The molecule has 2 amide bonds. The van der Waals surface area contributed by atoms with Crippen LogP contribution in [0.2, 0.25) is 0 Å². The summed E-state index contributed by atoms with van der Waals surface area (Å²) in [6, 6.07) is 9.18. The number of hydrogen-bond acceptors (Lipinski definition) is 4. The van der Waals surface area contributed by atoms with Gasteiger partial charge in [0.25, 0.3) is 11.8 Å². The van der Waals surface area contributed by atoms with Crippen molar-refractivity contribution in [3.8, 4) is 0 Å². The number of nitrogens with zero attached hydrogens (tertiary/aromatic N) is 3. The van der Waals surface area contributed by atoms with Gasteiger partial charge in [0.05, 0.1) is 0 Å². The summed E-state index contributed by atoms with van der Waals surface area (Å²) in [5.41, 5.74) is 3.58. The smallest absolute Gasteiger partial charge is 0.272 e. The van der Waals surface area contributed by atoms with Gasteiger partial charge >= 0.3 is 0 Å². The van der Waals surface area contributed by atoms with Crippen molar-refractivity contribution < 1.29 is 9.59 Å². The highest BCUT2D eigenvalue weighted by atomic mass is 16.2. The van der Waals surface area contributed by atoms with E-state index in [1.807, 2.05) is 32.9 Å². The molecule has 1 aromatic heterocycles. The third-order valence-electron chi connectivity index (χ3n) is 4.88. The molecular weight excluding hydrogens is 352 g/mol. The Kier molecular flexibility index (Phi) is 7.55. The summed E-state index contributed by atoms with van der Waals surface area (Å²) in [4.78, 5) is 33.3. The Hall–Kier alpha value is -2.89. The molecule has 0 fully saturated rings. The number of carbonyl (C=O) groups is 2. The molecule has 0 aliphatic carbocycles. The quantitative estimate of drug-likeness (QED) is 0.750. The zero-order valence-corrected chi connectivity index (χ0v) is 17.5. The third kappa shape index (κ3) is 4.88. The molecular formula is C22H30N4O2. The number of hydrogen-bond donors (Lipinski definition) is 1. The van der Waals surface area contributed by atoms with Gasteiger partial charge in [-0.25, -0.2) is 0 Å². The molecule has 6 nitrogen and oxygen atoms in total. The number of amides is 2. The summed E-state index contributed by atoms with van der Waals surface area (Å²) in [6.45, 7) is 13.1. The minimum Gasteiger partial charge on any atom is -0.372 e. The van der Waals surface area contributed by atoms with Gasteiger partial charge in [-0.3, -0.25) is 14.6 Å². The van der Waals surface area contributed by atoms with Crippen LogP contribution in [0.4, 0.5) is 11.4 Å². The predicted molar refractivity (Wildman–Crippen MR) is 114 cm³/mol. The molecule has 2 rings (SSSR count). The molecule has 1 heterocycles. The zero-order valence-electron chi connectivity index (χ0n) is 17.5. The molecule has 0 saturated carbocycles. The largest absolute Gasteiger partial charge is 0.372 e. The minimum absolute atomic E-state index is 0.167. The Bertz CT molecular complexity index is 827. The molecule has 0 unspecified atom stereocenters. The van der Waals surface area contributed by atoms with E-state index < -0.39 is 0 Å². The second kappa shape index (κ2) is 9.88. The minimum atomic E-state index is -0.255. The van der Waals surface area contributed by atoms with Crippen molar-refractivity contribution in [3.63, 3.8) is 0 Å². The van der Waals surface area contributed by atoms with Crippen LogP contribution in [0.3, 0.4) is 0 Å². The Morgan fingerprint density at radius 2 is 1.64 bits per heavy atom. The van der Waals surface area contributed by atoms with Crippen LogP contribution < -0.4 is 10.2 Å². The van der Waals surface area contributed by atoms with Gasteiger partial charge in [0.2, 0.25) is 0 Å². The van der Waals surface area contributed by atoms with Crippen molar-refractivity contribution in [2.75, 3.05) is 36.4 Å². The fourth-order valence-electron chi connectivity index (χ4n) is 3.13. The molecule has 0 aliphatic heterocycles. The monoisotopic (exact) mass is 382 g/mol. The lowest BCUT2D eigenvalue weighted by atomic mass is 10.1. The summed E-state index contributed by atoms with van der Waals surface area (Å²) in [7, 11) is 0. The van der Waals surface area contributed by atoms with Gasteiger partial charge < -0.3 is 15.1 Å². The highest BCUT2D eigenvalue weighted by molar-refractivity contribution is 6.06. The van der Waals surface area contributed by atoms with Crippen LogP contribution in [-0.4, -0.2) is 47.9 Å². The normalized spacial score (nSPS) is 10.5. The Labute approximate surface area is 167 Å². The standard InChI is InChI=1S/C22H30N4O2/c1-6-25(7-2)18-10-11-19(16(5)14-18)24-21(27)17-12-13-23-20(15-17)22(28)26(8-3)9-4/h10-15H,6-9H2,1-5H3,(H,24,27). The van der Waals surface area contributed by atoms with Crippen LogP contribution in [-0.2, 0) is 0 Å². The number of pyridine rings is 1. The topological polar surface area (TPSA) is 65.5 Å². The maximum Gasteiger partial charge on any atom is 0.272 e. The number of anilines is 2. The molecule has 0 spiro atoms. The molecule has 28 heavy (non-hydrogen) atoms. The third-order valence-corrected chi connectivity index (χ3v) is 4.88. The van der Waals surface area contributed by atoms with E-state index in [-0.39, 0.29) is 17.5 Å². The van der Waals surface area contributed by atoms with E-state index in [0.717, 1.165) is 30.0 Å². The van der Waals surface area contributed by atoms with Gasteiger partial charge in [0, 0.05) is 49.3 Å². The summed E-state index contributed by atoms with van der Waals surface area (Å²) in [5, 5.41) is 2.94. The Morgan fingerprint density at radius 1 is 0.964 bits per heavy atom. The van der Waals surface area contributed by atoms with Crippen molar-refractivity contribution in [3.05, 3.63) is 53.3 Å².